The number of aromatic hydroxyl groups is 1. The van der Waals surface area contributed by atoms with E-state index in [1.165, 1.54) is 16.8 Å². The average Bonchev–Trinajstić information content (AvgIpc) is 2.88. The van der Waals surface area contributed by atoms with Gasteiger partial charge in [0.25, 0.3) is 5.91 Å². The number of piperazine rings is 1. The molecule has 1 saturated heterocycles. The molecule has 1 amide bonds. The van der Waals surface area contributed by atoms with Crippen LogP contribution in [0.4, 0.5) is 5.69 Å². The van der Waals surface area contributed by atoms with Crippen molar-refractivity contribution in [2.75, 3.05) is 51.8 Å². The Morgan fingerprint density at radius 3 is 2.12 bits per heavy atom. The molecule has 6 nitrogen and oxygen atoms in total. The van der Waals surface area contributed by atoms with E-state index in [2.05, 4.69) is 29.0 Å². The topological polar surface area (TPSA) is 56.2 Å². The van der Waals surface area contributed by atoms with E-state index in [-0.39, 0.29) is 11.7 Å². The quantitative estimate of drug-likeness (QED) is 0.641. The number of nitrogens with zero attached hydrogens (tertiary/aromatic N) is 3. The van der Waals surface area contributed by atoms with Crippen molar-refractivity contribution in [1.82, 2.24) is 9.80 Å². The molecule has 0 radical (unpaired) electrons. The fourth-order valence-corrected chi connectivity index (χ4v) is 4.98. The number of hydrogen-bond acceptors (Lipinski definition) is 5. The molecule has 34 heavy (non-hydrogen) atoms. The molecule has 0 bridgehead atoms. The number of phenolic OH excluding ortho intramolecular Hbond substituents is 1. The van der Waals surface area contributed by atoms with Crippen LogP contribution in [0.5, 0.6) is 11.5 Å². The fourth-order valence-electron chi connectivity index (χ4n) is 4.98. The van der Waals surface area contributed by atoms with Gasteiger partial charge in [-0.15, -0.1) is 0 Å². The van der Waals surface area contributed by atoms with Crippen LogP contribution in [0.3, 0.4) is 0 Å². The third-order valence-corrected chi connectivity index (χ3v) is 7.03. The largest absolute Gasteiger partial charge is 0.508 e. The second-order valence-electron chi connectivity index (χ2n) is 9.14. The summed E-state index contributed by atoms with van der Waals surface area (Å²) in [6.45, 7) is 5.32. The Balaban J connectivity index is 1.38. The van der Waals surface area contributed by atoms with Crippen LogP contribution in [0.2, 0.25) is 0 Å². The Bertz CT molecular complexity index is 1170. The van der Waals surface area contributed by atoms with Crippen molar-refractivity contribution in [2.45, 2.75) is 13.0 Å². The highest BCUT2D eigenvalue weighted by Gasteiger charge is 2.28. The molecule has 2 heterocycles. The summed E-state index contributed by atoms with van der Waals surface area (Å²) >= 11 is 0. The van der Waals surface area contributed by atoms with Crippen molar-refractivity contribution < 1.29 is 14.6 Å². The van der Waals surface area contributed by atoms with E-state index in [9.17, 15) is 9.90 Å². The first-order chi connectivity index (χ1) is 16.5. The number of hydrogen-bond donors (Lipinski definition) is 1. The van der Waals surface area contributed by atoms with Crippen molar-refractivity contribution in [3.8, 4) is 22.6 Å². The molecule has 1 N–H and O–H groups in total. The number of rotatable bonds is 4. The Labute approximate surface area is 201 Å². The molecular weight excluding hydrogens is 426 g/mol. The van der Waals surface area contributed by atoms with Crippen molar-refractivity contribution in [3.05, 3.63) is 77.4 Å². The van der Waals surface area contributed by atoms with E-state index in [4.69, 9.17) is 4.74 Å². The lowest BCUT2D eigenvalue weighted by Crippen LogP contribution is -2.45. The molecule has 3 aromatic rings. The van der Waals surface area contributed by atoms with Crippen LogP contribution >= 0.6 is 0 Å². The fraction of sp³-hybridized carbons (Fsp3) is 0.321. The van der Waals surface area contributed by atoms with Crippen molar-refractivity contribution in [3.63, 3.8) is 0 Å². The molecule has 0 spiro atoms. The number of ether oxygens (including phenoxy) is 1. The van der Waals surface area contributed by atoms with Gasteiger partial charge in [-0.2, -0.15) is 0 Å². The number of phenols is 1. The van der Waals surface area contributed by atoms with Crippen LogP contribution in [0, 0.1) is 0 Å². The molecule has 1 fully saturated rings. The van der Waals surface area contributed by atoms with Gasteiger partial charge in [-0.05, 0) is 61.0 Å². The first kappa shape index (κ1) is 22.3. The van der Waals surface area contributed by atoms with E-state index in [1.807, 2.05) is 41.3 Å². The standard InChI is InChI=1S/C28H31N3O3/c1-29-15-17-30(18-16-29)26-11-12-27(34-2)24-13-14-31(19-25(24)26)28(33)22-5-3-20(4-6-22)21-7-9-23(32)10-8-21/h3-12,32H,13-19H2,1-2H3. The van der Waals surface area contributed by atoms with Crippen LogP contribution in [0.15, 0.2) is 60.7 Å². The molecule has 2 aliphatic heterocycles. The van der Waals surface area contributed by atoms with Crippen LogP contribution in [0.25, 0.3) is 11.1 Å². The van der Waals surface area contributed by atoms with Gasteiger partial charge in [0, 0.05) is 61.6 Å². The molecule has 3 aromatic carbocycles. The summed E-state index contributed by atoms with van der Waals surface area (Å²) in [6.07, 6.45) is 0.789. The Kier molecular flexibility index (Phi) is 6.16. The summed E-state index contributed by atoms with van der Waals surface area (Å²) in [6, 6.07) is 19.1. The molecule has 0 aliphatic carbocycles. The summed E-state index contributed by atoms with van der Waals surface area (Å²) < 4.78 is 5.67. The van der Waals surface area contributed by atoms with Gasteiger partial charge >= 0.3 is 0 Å². The number of amides is 1. The lowest BCUT2D eigenvalue weighted by molar-refractivity contribution is 0.0734. The van der Waals surface area contributed by atoms with Gasteiger partial charge in [-0.1, -0.05) is 24.3 Å². The van der Waals surface area contributed by atoms with E-state index in [0.717, 1.165) is 49.5 Å². The van der Waals surface area contributed by atoms with Crippen LogP contribution in [-0.2, 0) is 13.0 Å². The van der Waals surface area contributed by atoms with Gasteiger partial charge in [0.1, 0.15) is 11.5 Å². The van der Waals surface area contributed by atoms with Gasteiger partial charge in [-0.3, -0.25) is 4.79 Å². The molecule has 6 heteroatoms. The van der Waals surface area contributed by atoms with E-state index in [0.29, 0.717) is 18.7 Å². The lowest BCUT2D eigenvalue weighted by atomic mass is 9.95. The minimum absolute atomic E-state index is 0.0510. The molecular formula is C28H31N3O3. The predicted octanol–water partition coefficient (Wildman–Crippen LogP) is 4.02. The average molecular weight is 458 g/mol. The zero-order chi connectivity index (χ0) is 23.7. The van der Waals surface area contributed by atoms with Gasteiger partial charge < -0.3 is 24.5 Å². The SMILES string of the molecule is COc1ccc(N2CCN(C)CC2)c2c1CCN(C(=O)c1ccc(-c3ccc(O)cc3)cc1)C2. The Hall–Kier alpha value is -3.51. The van der Waals surface area contributed by atoms with E-state index < -0.39 is 0 Å². The first-order valence-corrected chi connectivity index (χ1v) is 11.8. The third kappa shape index (κ3) is 4.33. The summed E-state index contributed by atoms with van der Waals surface area (Å²) in [7, 11) is 3.88. The number of carbonyl (C=O) groups excluding carboxylic acids is 1. The van der Waals surface area contributed by atoms with Gasteiger partial charge in [0.05, 0.1) is 7.11 Å². The van der Waals surface area contributed by atoms with Gasteiger partial charge in [-0.25, -0.2) is 0 Å². The predicted molar refractivity (Wildman–Crippen MR) is 135 cm³/mol. The zero-order valence-corrected chi connectivity index (χ0v) is 19.8. The van der Waals surface area contributed by atoms with Crippen LogP contribution in [-0.4, -0.2) is 67.7 Å². The molecule has 0 unspecified atom stereocenters. The van der Waals surface area contributed by atoms with Crippen molar-refractivity contribution >= 4 is 11.6 Å². The second-order valence-corrected chi connectivity index (χ2v) is 9.14. The number of carbonyl (C=O) groups is 1. The van der Waals surface area contributed by atoms with Gasteiger partial charge in [0.2, 0.25) is 0 Å². The number of methoxy groups -OCH3 is 1. The van der Waals surface area contributed by atoms with Crippen LogP contribution in [0.1, 0.15) is 21.5 Å². The smallest absolute Gasteiger partial charge is 0.254 e. The monoisotopic (exact) mass is 457 g/mol. The number of fused-ring (bicyclic) bond motifs is 1. The summed E-state index contributed by atoms with van der Waals surface area (Å²) in [5.74, 6) is 1.21. The van der Waals surface area contributed by atoms with Crippen LogP contribution < -0.4 is 9.64 Å². The minimum Gasteiger partial charge on any atom is -0.508 e. The second kappa shape index (κ2) is 9.39. The van der Waals surface area contributed by atoms with Gasteiger partial charge in [0.15, 0.2) is 0 Å². The maximum Gasteiger partial charge on any atom is 0.254 e. The highest BCUT2D eigenvalue weighted by atomic mass is 16.5. The zero-order valence-electron chi connectivity index (χ0n) is 19.8. The number of likely N-dealkylation sites (N-methyl/N-ethyl adjacent to an activating group) is 1. The molecule has 5 rings (SSSR count). The summed E-state index contributed by atoms with van der Waals surface area (Å²) in [5.41, 5.74) is 6.38. The molecule has 0 aromatic heterocycles. The molecule has 0 atom stereocenters. The van der Waals surface area contributed by atoms with E-state index in [1.54, 1.807) is 19.2 Å². The maximum atomic E-state index is 13.4. The molecule has 0 saturated carbocycles. The molecule has 176 valence electrons. The van der Waals surface area contributed by atoms with Crippen molar-refractivity contribution in [1.29, 1.82) is 0 Å². The Morgan fingerprint density at radius 2 is 1.47 bits per heavy atom. The summed E-state index contributed by atoms with van der Waals surface area (Å²) in [4.78, 5) is 20.2. The highest BCUT2D eigenvalue weighted by molar-refractivity contribution is 5.95. The number of anilines is 1. The lowest BCUT2D eigenvalue weighted by Gasteiger charge is -2.38. The summed E-state index contributed by atoms with van der Waals surface area (Å²) in [5, 5.41) is 9.52. The normalized spacial score (nSPS) is 16.3. The third-order valence-electron chi connectivity index (χ3n) is 7.03. The number of benzene rings is 3. The maximum absolute atomic E-state index is 13.4. The first-order valence-electron chi connectivity index (χ1n) is 11.8. The van der Waals surface area contributed by atoms with Crippen molar-refractivity contribution in [2.24, 2.45) is 0 Å². The highest BCUT2D eigenvalue weighted by Crippen LogP contribution is 2.36. The van der Waals surface area contributed by atoms with E-state index >= 15 is 0 Å². The minimum atomic E-state index is 0.0510. The Morgan fingerprint density at radius 1 is 0.824 bits per heavy atom. The molecule has 2 aliphatic rings.